The first-order valence-corrected chi connectivity index (χ1v) is 18.8. The van der Waals surface area contributed by atoms with Crippen molar-refractivity contribution >= 4 is 35.1 Å². The molecule has 5 rings (SSSR count). The van der Waals surface area contributed by atoms with E-state index in [1.54, 1.807) is 0 Å². The van der Waals surface area contributed by atoms with Crippen molar-refractivity contribution in [2.75, 3.05) is 50.9 Å². The van der Waals surface area contributed by atoms with Gasteiger partial charge in [0.25, 0.3) is 5.91 Å². The van der Waals surface area contributed by atoms with Crippen molar-refractivity contribution in [1.82, 2.24) is 25.5 Å². The van der Waals surface area contributed by atoms with Crippen LogP contribution in [0, 0.1) is 5.41 Å². The lowest BCUT2D eigenvalue weighted by molar-refractivity contribution is -0.190. The lowest BCUT2D eigenvalue weighted by Gasteiger charge is -2.32. The summed E-state index contributed by atoms with van der Waals surface area (Å²) in [7, 11) is 0. The van der Waals surface area contributed by atoms with E-state index in [1.807, 2.05) is 77.7 Å². The number of rotatable bonds is 18. The van der Waals surface area contributed by atoms with Crippen LogP contribution in [0.2, 0.25) is 5.15 Å². The van der Waals surface area contributed by atoms with E-state index in [2.05, 4.69) is 32.7 Å². The molecule has 1 saturated heterocycles. The van der Waals surface area contributed by atoms with Gasteiger partial charge in [-0.3, -0.25) is 20.4 Å². The predicted molar refractivity (Wildman–Crippen MR) is 213 cm³/mol. The number of carbonyl (C=O) groups is 1. The van der Waals surface area contributed by atoms with Crippen molar-refractivity contribution in [3.05, 3.63) is 124 Å². The van der Waals surface area contributed by atoms with Crippen LogP contribution >= 0.6 is 11.6 Å². The number of unbranched alkanes of at least 4 members (excludes halogenated alkanes) is 1. The SMILES string of the molecule is N=C(NCCCCc1ccc(OCCN(CCCc2ccccc2)C[C@H](O)/C(O)=C2\OC(c3ccccc3)OC[C@H]2O)cc1)NC(=O)c1nc(Cl)c(N)nc1N. The zero-order valence-electron chi connectivity index (χ0n) is 30.9. The Morgan fingerprint density at radius 1 is 0.946 bits per heavy atom. The number of nitrogens with one attached hydrogen (secondary N) is 3. The quantitative estimate of drug-likeness (QED) is 0.0307. The largest absolute Gasteiger partial charge is 0.506 e. The number of ether oxygens (including phenoxy) is 3. The maximum atomic E-state index is 12.4. The summed E-state index contributed by atoms with van der Waals surface area (Å²) in [6, 6.07) is 27.2. The Hall–Kier alpha value is -5.45. The smallest absolute Gasteiger partial charge is 0.280 e. The first-order chi connectivity index (χ1) is 27.1. The molecule has 1 aliphatic rings. The standard InChI is InChI=1S/C40H49ClN8O7/c41-35-37(43)47-36(42)32(46-35)38(53)48-40(44)45-20-8-7-12-27-16-18-29(19-17-27)54-23-22-49(21-9-13-26-10-3-1-4-11-26)24-30(50)33(52)34-31(51)25-55-39(56-34)28-14-5-2-6-15-28/h1-6,10-11,14-19,30-31,39,50-52H,7-9,12-13,20-25H2,(H4,42,43,47)(H3,44,45,48,53)/b34-33+/t30-,31+,39?/m0/s1. The van der Waals surface area contributed by atoms with Gasteiger partial charge >= 0.3 is 0 Å². The van der Waals surface area contributed by atoms with Crippen molar-refractivity contribution in [2.45, 2.75) is 50.6 Å². The monoisotopic (exact) mass is 788 g/mol. The highest BCUT2D eigenvalue weighted by molar-refractivity contribution is 6.31. The van der Waals surface area contributed by atoms with Crippen LogP contribution in [0.5, 0.6) is 5.75 Å². The summed E-state index contributed by atoms with van der Waals surface area (Å²) in [5.41, 5.74) is 14.1. The third-order valence-corrected chi connectivity index (χ3v) is 9.23. The number of halogens is 1. The maximum absolute atomic E-state index is 12.4. The molecule has 15 nitrogen and oxygen atoms in total. The van der Waals surface area contributed by atoms with Gasteiger partial charge in [-0.1, -0.05) is 84.4 Å². The van der Waals surface area contributed by atoms with Crippen LogP contribution in [-0.4, -0.2) is 93.7 Å². The third-order valence-electron chi connectivity index (χ3n) is 8.95. The second-order valence-electron chi connectivity index (χ2n) is 13.2. The number of aliphatic hydroxyl groups excluding tert-OH is 3. The molecule has 16 heteroatoms. The van der Waals surface area contributed by atoms with Gasteiger partial charge < -0.3 is 46.3 Å². The van der Waals surface area contributed by atoms with Crippen molar-refractivity contribution in [3.8, 4) is 5.75 Å². The Bertz CT molecular complexity index is 1900. The lowest BCUT2D eigenvalue weighted by atomic mass is 10.1. The molecule has 0 spiro atoms. The predicted octanol–water partition coefficient (Wildman–Crippen LogP) is 4.12. The van der Waals surface area contributed by atoms with Gasteiger partial charge in [-0.25, -0.2) is 9.97 Å². The van der Waals surface area contributed by atoms with Crippen LogP contribution in [0.25, 0.3) is 0 Å². The topological polar surface area (TPSA) is 234 Å². The Morgan fingerprint density at radius 3 is 2.36 bits per heavy atom. The number of benzene rings is 3. The van der Waals surface area contributed by atoms with E-state index in [9.17, 15) is 20.1 Å². The number of nitrogens with two attached hydrogens (primary N) is 2. The molecule has 0 bridgehead atoms. The highest BCUT2D eigenvalue weighted by Crippen LogP contribution is 2.30. The Kier molecular flexibility index (Phi) is 15.7. The van der Waals surface area contributed by atoms with Gasteiger partial charge in [-0.2, -0.15) is 0 Å². The summed E-state index contributed by atoms with van der Waals surface area (Å²) in [4.78, 5) is 22.0. The number of aromatic nitrogens is 2. The van der Waals surface area contributed by atoms with Gasteiger partial charge in [-0.15, -0.1) is 0 Å². The second kappa shape index (κ2) is 21.0. The molecule has 1 fully saturated rings. The van der Waals surface area contributed by atoms with E-state index >= 15 is 0 Å². The average molecular weight is 789 g/mol. The van der Waals surface area contributed by atoms with E-state index in [-0.39, 0.29) is 47.4 Å². The molecule has 1 aromatic heterocycles. The molecule has 3 atom stereocenters. The van der Waals surface area contributed by atoms with E-state index in [0.717, 1.165) is 43.2 Å². The maximum Gasteiger partial charge on any atom is 0.280 e. The fraction of sp³-hybridized carbons (Fsp3) is 0.350. The molecule has 3 aromatic carbocycles. The van der Waals surface area contributed by atoms with Crippen LogP contribution in [0.4, 0.5) is 11.6 Å². The number of aliphatic hydroxyl groups is 3. The minimum atomic E-state index is -1.31. The number of hydrogen-bond acceptors (Lipinski definition) is 13. The second-order valence-corrected chi connectivity index (χ2v) is 13.6. The molecule has 1 amide bonds. The molecular formula is C40H49ClN8O7. The molecule has 0 aliphatic carbocycles. The molecule has 10 N–H and O–H groups in total. The first-order valence-electron chi connectivity index (χ1n) is 18.4. The van der Waals surface area contributed by atoms with Gasteiger partial charge in [0, 0.05) is 25.2 Å². The highest BCUT2D eigenvalue weighted by atomic mass is 35.5. The number of amides is 1. The van der Waals surface area contributed by atoms with E-state index < -0.39 is 30.2 Å². The van der Waals surface area contributed by atoms with E-state index in [0.29, 0.717) is 32.0 Å². The number of hydrogen-bond donors (Lipinski definition) is 8. The lowest BCUT2D eigenvalue weighted by Crippen LogP contribution is -2.41. The number of nitrogen functional groups attached to an aromatic ring is 2. The van der Waals surface area contributed by atoms with Crippen LogP contribution in [0.1, 0.15) is 52.7 Å². The molecule has 0 radical (unpaired) electrons. The van der Waals surface area contributed by atoms with Gasteiger partial charge in [0.1, 0.15) is 24.6 Å². The summed E-state index contributed by atoms with van der Waals surface area (Å²) in [6.07, 6.45) is 0.717. The first kappa shape index (κ1) is 41.7. The summed E-state index contributed by atoms with van der Waals surface area (Å²) in [5, 5.41) is 45.8. The van der Waals surface area contributed by atoms with Crippen molar-refractivity contribution in [3.63, 3.8) is 0 Å². The third kappa shape index (κ3) is 12.5. The minimum absolute atomic E-state index is 0.0841. The van der Waals surface area contributed by atoms with E-state index in [1.165, 1.54) is 5.56 Å². The van der Waals surface area contributed by atoms with Gasteiger partial charge in [-0.05, 0) is 61.9 Å². The van der Waals surface area contributed by atoms with E-state index in [4.69, 9.17) is 42.7 Å². The van der Waals surface area contributed by atoms with Gasteiger partial charge in [0.05, 0.1) is 6.61 Å². The Morgan fingerprint density at radius 2 is 1.62 bits per heavy atom. The number of nitrogens with zero attached hydrogens (tertiary/aromatic N) is 3. The molecule has 2 heterocycles. The molecule has 0 saturated carbocycles. The average Bonchev–Trinajstić information content (AvgIpc) is 3.20. The fourth-order valence-corrected chi connectivity index (χ4v) is 6.09. The minimum Gasteiger partial charge on any atom is -0.506 e. The van der Waals surface area contributed by atoms with Crippen LogP contribution in [0.15, 0.2) is 96.4 Å². The van der Waals surface area contributed by atoms with Gasteiger partial charge in [0.15, 0.2) is 40.0 Å². The molecule has 1 aliphatic heterocycles. The molecule has 298 valence electrons. The summed E-state index contributed by atoms with van der Waals surface area (Å²) in [6.45, 7) is 1.94. The molecule has 4 aromatic rings. The van der Waals surface area contributed by atoms with Crippen molar-refractivity contribution in [1.29, 1.82) is 5.41 Å². The van der Waals surface area contributed by atoms with Crippen LogP contribution < -0.4 is 26.8 Å². The normalized spacial score (nSPS) is 16.8. The zero-order chi connectivity index (χ0) is 39.9. The summed E-state index contributed by atoms with van der Waals surface area (Å²) >= 11 is 5.83. The van der Waals surface area contributed by atoms with Crippen LogP contribution in [-0.2, 0) is 22.3 Å². The summed E-state index contributed by atoms with van der Waals surface area (Å²) < 4.78 is 17.5. The number of anilines is 2. The van der Waals surface area contributed by atoms with Gasteiger partial charge in [0.2, 0.25) is 6.29 Å². The van der Waals surface area contributed by atoms with Crippen molar-refractivity contribution < 1.29 is 34.3 Å². The molecule has 1 unspecified atom stereocenters. The molecular weight excluding hydrogens is 740 g/mol. The Labute approximate surface area is 330 Å². The highest BCUT2D eigenvalue weighted by Gasteiger charge is 2.32. The summed E-state index contributed by atoms with van der Waals surface area (Å²) in [5.74, 6) is -1.01. The molecule has 56 heavy (non-hydrogen) atoms. The number of carbonyl (C=O) groups excluding carboxylic acids is 1. The zero-order valence-corrected chi connectivity index (χ0v) is 31.7. The number of guanidine groups is 1. The number of aryl methyl sites for hydroxylation is 2. The fourth-order valence-electron chi connectivity index (χ4n) is 5.97. The Balaban J connectivity index is 1.07. The van der Waals surface area contributed by atoms with Crippen molar-refractivity contribution in [2.24, 2.45) is 0 Å². The van der Waals surface area contributed by atoms with Crippen LogP contribution in [0.3, 0.4) is 0 Å².